The summed E-state index contributed by atoms with van der Waals surface area (Å²) in [6, 6.07) is 1.42. The molecule has 0 bridgehead atoms. The van der Waals surface area contributed by atoms with E-state index in [-0.39, 0.29) is 0 Å². The van der Waals surface area contributed by atoms with Gasteiger partial charge in [0.05, 0.1) is 0 Å². The van der Waals surface area contributed by atoms with Gasteiger partial charge in [0.1, 0.15) is 0 Å². The Labute approximate surface area is 109 Å². The zero-order chi connectivity index (χ0) is 11.8. The van der Waals surface area contributed by atoms with Crippen LogP contribution in [0.2, 0.25) is 0 Å². The Morgan fingerprint density at radius 2 is 1.88 bits per heavy atom. The van der Waals surface area contributed by atoms with Crippen LogP contribution in [0.4, 0.5) is 0 Å². The van der Waals surface area contributed by atoms with Crippen LogP contribution in [0.15, 0.2) is 0 Å². The van der Waals surface area contributed by atoms with Gasteiger partial charge in [0.15, 0.2) is 0 Å². The second-order valence-corrected chi connectivity index (χ2v) is 6.96. The lowest BCUT2D eigenvalue weighted by Crippen LogP contribution is -2.43. The van der Waals surface area contributed by atoms with Gasteiger partial charge in [-0.25, -0.2) is 0 Å². The molecule has 0 aromatic rings. The summed E-state index contributed by atoms with van der Waals surface area (Å²) in [5.41, 5.74) is 0. The molecule has 0 aromatic carbocycles. The molecule has 1 heterocycles. The first kappa shape index (κ1) is 14.7. The van der Waals surface area contributed by atoms with Crippen LogP contribution in [-0.4, -0.2) is 60.6 Å². The molecule has 1 aliphatic heterocycles. The van der Waals surface area contributed by atoms with Crippen LogP contribution in [0.1, 0.15) is 19.8 Å². The summed E-state index contributed by atoms with van der Waals surface area (Å²) in [5.74, 6) is 5.24. The standard InChI is InChI=1S/C12H26N2S2/c1-4-5-12(14(2)3)8-13-11-9-15-6-7-16-10-11/h11-13H,4-10H2,1-3H3/t12-/m1/s1. The first-order valence-corrected chi connectivity index (χ1v) is 8.60. The average molecular weight is 262 g/mol. The highest BCUT2D eigenvalue weighted by molar-refractivity contribution is 8.03. The van der Waals surface area contributed by atoms with E-state index >= 15 is 0 Å². The first-order valence-electron chi connectivity index (χ1n) is 6.29. The van der Waals surface area contributed by atoms with Gasteiger partial charge in [-0.1, -0.05) is 13.3 Å². The van der Waals surface area contributed by atoms with Crippen molar-refractivity contribution < 1.29 is 0 Å². The minimum absolute atomic E-state index is 0.697. The lowest BCUT2D eigenvalue weighted by atomic mass is 10.1. The van der Waals surface area contributed by atoms with E-state index < -0.39 is 0 Å². The zero-order valence-corrected chi connectivity index (χ0v) is 12.5. The maximum absolute atomic E-state index is 3.74. The number of likely N-dealkylation sites (N-methyl/N-ethyl adjacent to an activating group) is 1. The van der Waals surface area contributed by atoms with Gasteiger partial charge in [-0.05, 0) is 20.5 Å². The van der Waals surface area contributed by atoms with Crippen molar-refractivity contribution in [3.8, 4) is 0 Å². The van der Waals surface area contributed by atoms with Crippen molar-refractivity contribution in [2.75, 3.05) is 43.7 Å². The largest absolute Gasteiger partial charge is 0.311 e. The molecule has 16 heavy (non-hydrogen) atoms. The van der Waals surface area contributed by atoms with Gasteiger partial charge in [0.25, 0.3) is 0 Å². The Hall–Kier alpha value is 0.620. The molecule has 0 radical (unpaired) electrons. The zero-order valence-electron chi connectivity index (χ0n) is 10.9. The number of hydrogen-bond acceptors (Lipinski definition) is 4. The van der Waals surface area contributed by atoms with E-state index in [0.717, 1.165) is 12.6 Å². The van der Waals surface area contributed by atoms with Crippen molar-refractivity contribution in [3.63, 3.8) is 0 Å². The van der Waals surface area contributed by atoms with E-state index in [9.17, 15) is 0 Å². The van der Waals surface area contributed by atoms with Crippen LogP contribution < -0.4 is 5.32 Å². The number of nitrogens with zero attached hydrogens (tertiary/aromatic N) is 1. The van der Waals surface area contributed by atoms with E-state index in [0.29, 0.717) is 6.04 Å². The molecule has 0 unspecified atom stereocenters. The molecule has 0 spiro atoms. The highest BCUT2D eigenvalue weighted by atomic mass is 32.2. The summed E-state index contributed by atoms with van der Waals surface area (Å²) in [4.78, 5) is 2.35. The smallest absolute Gasteiger partial charge is 0.0249 e. The lowest BCUT2D eigenvalue weighted by molar-refractivity contribution is 0.263. The Bertz CT molecular complexity index is 168. The number of hydrogen-bond donors (Lipinski definition) is 1. The van der Waals surface area contributed by atoms with E-state index in [4.69, 9.17) is 0 Å². The van der Waals surface area contributed by atoms with E-state index in [1.165, 1.54) is 35.9 Å². The molecule has 1 aliphatic rings. The molecule has 96 valence electrons. The molecule has 0 amide bonds. The van der Waals surface area contributed by atoms with Gasteiger partial charge in [-0.2, -0.15) is 23.5 Å². The van der Waals surface area contributed by atoms with E-state index in [1.54, 1.807) is 0 Å². The van der Waals surface area contributed by atoms with Gasteiger partial charge in [-0.15, -0.1) is 0 Å². The average Bonchev–Trinajstić information content (AvgIpc) is 2.52. The molecule has 0 saturated carbocycles. The predicted molar refractivity (Wildman–Crippen MR) is 78.8 cm³/mol. The maximum Gasteiger partial charge on any atom is 0.0249 e. The number of rotatable bonds is 6. The molecule has 0 aliphatic carbocycles. The van der Waals surface area contributed by atoms with E-state index in [2.05, 4.69) is 54.8 Å². The monoisotopic (exact) mass is 262 g/mol. The third-order valence-corrected chi connectivity index (χ3v) is 5.52. The van der Waals surface area contributed by atoms with E-state index in [1.807, 2.05) is 0 Å². The normalized spacial score (nSPS) is 21.0. The molecule has 2 nitrogen and oxygen atoms in total. The highest BCUT2D eigenvalue weighted by Gasteiger charge is 2.15. The topological polar surface area (TPSA) is 15.3 Å². The predicted octanol–water partition coefficient (Wildman–Crippen LogP) is 2.15. The maximum atomic E-state index is 3.74. The fraction of sp³-hybridized carbons (Fsp3) is 1.00. The lowest BCUT2D eigenvalue weighted by Gasteiger charge is -2.26. The summed E-state index contributed by atoms with van der Waals surface area (Å²) >= 11 is 4.20. The van der Waals surface area contributed by atoms with Gasteiger partial charge in [-0.3, -0.25) is 0 Å². The number of nitrogens with one attached hydrogen (secondary N) is 1. The van der Waals surface area contributed by atoms with Gasteiger partial charge < -0.3 is 10.2 Å². The van der Waals surface area contributed by atoms with Gasteiger partial charge in [0.2, 0.25) is 0 Å². The van der Waals surface area contributed by atoms with Gasteiger partial charge in [0, 0.05) is 41.6 Å². The molecule has 0 aromatic heterocycles. The molecular weight excluding hydrogens is 236 g/mol. The van der Waals surface area contributed by atoms with Crippen LogP contribution in [0.5, 0.6) is 0 Å². The van der Waals surface area contributed by atoms with Crippen molar-refractivity contribution in [1.29, 1.82) is 0 Å². The van der Waals surface area contributed by atoms with Crippen molar-refractivity contribution in [3.05, 3.63) is 0 Å². The summed E-state index contributed by atoms with van der Waals surface area (Å²) in [5, 5.41) is 3.74. The SMILES string of the molecule is CCC[C@H](CNC1CSCCSC1)N(C)C. The minimum atomic E-state index is 0.697. The van der Waals surface area contributed by atoms with Crippen LogP contribution in [0.3, 0.4) is 0 Å². The summed E-state index contributed by atoms with van der Waals surface area (Å²) in [6.45, 7) is 3.42. The Kier molecular flexibility index (Phi) is 7.96. The molecule has 1 N–H and O–H groups in total. The third kappa shape index (κ3) is 5.80. The van der Waals surface area contributed by atoms with Gasteiger partial charge >= 0.3 is 0 Å². The highest BCUT2D eigenvalue weighted by Crippen LogP contribution is 2.16. The molecule has 1 saturated heterocycles. The molecule has 1 atom stereocenters. The van der Waals surface area contributed by atoms with Crippen molar-refractivity contribution in [1.82, 2.24) is 10.2 Å². The Morgan fingerprint density at radius 3 is 2.38 bits per heavy atom. The first-order chi connectivity index (χ1) is 7.74. The number of thioether (sulfide) groups is 2. The van der Waals surface area contributed by atoms with Crippen LogP contribution in [0.25, 0.3) is 0 Å². The minimum Gasteiger partial charge on any atom is -0.311 e. The van der Waals surface area contributed by atoms with Crippen molar-refractivity contribution in [2.24, 2.45) is 0 Å². The quantitative estimate of drug-likeness (QED) is 0.788. The molecule has 1 rings (SSSR count). The van der Waals surface area contributed by atoms with Crippen molar-refractivity contribution >= 4 is 23.5 Å². The third-order valence-electron chi connectivity index (χ3n) is 3.00. The molecular formula is C12H26N2S2. The summed E-state index contributed by atoms with van der Waals surface area (Å²) in [6.07, 6.45) is 2.58. The fourth-order valence-corrected chi connectivity index (χ4v) is 4.38. The molecule has 1 fully saturated rings. The van der Waals surface area contributed by atoms with Crippen LogP contribution in [-0.2, 0) is 0 Å². The second kappa shape index (κ2) is 8.67. The second-order valence-electron chi connectivity index (χ2n) is 4.66. The van der Waals surface area contributed by atoms with Crippen molar-refractivity contribution in [2.45, 2.75) is 31.8 Å². The molecule has 4 heteroatoms. The summed E-state index contributed by atoms with van der Waals surface area (Å²) < 4.78 is 0. The summed E-state index contributed by atoms with van der Waals surface area (Å²) in [7, 11) is 4.39. The van der Waals surface area contributed by atoms with Crippen LogP contribution in [0, 0.1) is 0 Å². The van der Waals surface area contributed by atoms with Crippen LogP contribution >= 0.6 is 23.5 Å². The fourth-order valence-electron chi connectivity index (χ4n) is 1.91. The Morgan fingerprint density at radius 1 is 1.25 bits per heavy atom. The Balaban J connectivity index is 2.24.